The van der Waals surface area contributed by atoms with Gasteiger partial charge in [-0.2, -0.15) is 0 Å². The van der Waals surface area contributed by atoms with Crippen LogP contribution >= 0.6 is 23.2 Å². The van der Waals surface area contributed by atoms with Crippen molar-refractivity contribution in [2.24, 2.45) is 0 Å². The molecule has 224 valence electrons. The smallest absolute Gasteiger partial charge is 0.264 e. The predicted molar refractivity (Wildman–Crippen MR) is 168 cm³/mol. The number of rotatable bonds is 11. The molecular formula is C32H37Cl2N3O4S. The van der Waals surface area contributed by atoms with E-state index in [4.69, 9.17) is 23.2 Å². The van der Waals surface area contributed by atoms with Gasteiger partial charge in [0.2, 0.25) is 11.8 Å². The molecule has 0 unspecified atom stereocenters. The number of aryl methyl sites for hydroxylation is 2. The van der Waals surface area contributed by atoms with Gasteiger partial charge in [-0.3, -0.25) is 13.9 Å². The van der Waals surface area contributed by atoms with Gasteiger partial charge in [-0.1, -0.05) is 79.4 Å². The topological polar surface area (TPSA) is 86.8 Å². The molecule has 0 bridgehead atoms. The van der Waals surface area contributed by atoms with E-state index in [2.05, 4.69) is 5.32 Å². The average molecular weight is 631 g/mol. The molecule has 1 saturated carbocycles. The Labute approximate surface area is 258 Å². The summed E-state index contributed by atoms with van der Waals surface area (Å²) in [5.41, 5.74) is 2.56. The van der Waals surface area contributed by atoms with E-state index in [0.29, 0.717) is 33.3 Å². The lowest BCUT2D eigenvalue weighted by atomic mass is 10.1. The standard InChI is InChI=1S/C32H37Cl2N3O4S/c1-4-29(32(39)35-26-10-8-9-11-26)36(20-24-16-17-25(33)19-28(24)34)31(38)21-37(30-18-22(2)14-15-23(30)3)42(40,41)27-12-6-5-7-13-27/h5-7,12-19,26,29H,4,8-11,20-21H2,1-3H3,(H,35,39)/t29-/m0/s1. The molecule has 3 aromatic carbocycles. The van der Waals surface area contributed by atoms with E-state index in [-0.39, 0.29) is 23.4 Å². The highest BCUT2D eigenvalue weighted by Crippen LogP contribution is 2.30. The van der Waals surface area contributed by atoms with Gasteiger partial charge in [-0.25, -0.2) is 8.42 Å². The molecule has 0 aliphatic heterocycles. The maximum absolute atomic E-state index is 14.3. The second-order valence-corrected chi connectivity index (χ2v) is 13.5. The zero-order valence-corrected chi connectivity index (χ0v) is 26.5. The Morgan fingerprint density at radius 3 is 2.31 bits per heavy atom. The van der Waals surface area contributed by atoms with Gasteiger partial charge >= 0.3 is 0 Å². The molecule has 1 aliphatic carbocycles. The number of nitrogens with one attached hydrogen (secondary N) is 1. The highest BCUT2D eigenvalue weighted by molar-refractivity contribution is 7.92. The number of benzene rings is 3. The first kappa shape index (κ1) is 31.9. The van der Waals surface area contributed by atoms with E-state index >= 15 is 0 Å². The SMILES string of the molecule is CC[C@@H](C(=O)NC1CCCC1)N(Cc1ccc(Cl)cc1Cl)C(=O)CN(c1cc(C)ccc1C)S(=O)(=O)c1ccccc1. The molecule has 1 N–H and O–H groups in total. The summed E-state index contributed by atoms with van der Waals surface area (Å²) < 4.78 is 29.2. The second-order valence-electron chi connectivity index (χ2n) is 10.8. The molecule has 0 radical (unpaired) electrons. The van der Waals surface area contributed by atoms with Crippen LogP contribution in [0.25, 0.3) is 0 Å². The number of carbonyl (C=O) groups excluding carboxylic acids is 2. The van der Waals surface area contributed by atoms with Gasteiger partial charge < -0.3 is 10.2 Å². The summed E-state index contributed by atoms with van der Waals surface area (Å²) in [5, 5.41) is 3.92. The number of nitrogens with zero attached hydrogens (tertiary/aromatic N) is 2. The number of halogens is 2. The molecule has 1 fully saturated rings. The first-order valence-electron chi connectivity index (χ1n) is 14.2. The lowest BCUT2D eigenvalue weighted by Crippen LogP contribution is -2.53. The molecule has 2 amide bonds. The molecule has 1 aliphatic rings. The van der Waals surface area contributed by atoms with Gasteiger partial charge in [0.1, 0.15) is 12.6 Å². The van der Waals surface area contributed by atoms with Crippen molar-refractivity contribution in [3.05, 3.63) is 93.5 Å². The van der Waals surface area contributed by atoms with E-state index in [1.54, 1.807) is 42.5 Å². The van der Waals surface area contributed by atoms with Crippen molar-refractivity contribution in [3.63, 3.8) is 0 Å². The van der Waals surface area contributed by atoms with Crippen molar-refractivity contribution < 1.29 is 18.0 Å². The van der Waals surface area contributed by atoms with Gasteiger partial charge in [0.15, 0.2) is 0 Å². The van der Waals surface area contributed by atoms with E-state index in [9.17, 15) is 18.0 Å². The quantitative estimate of drug-likeness (QED) is 0.256. The fourth-order valence-electron chi connectivity index (χ4n) is 5.34. The maximum Gasteiger partial charge on any atom is 0.264 e. The van der Waals surface area contributed by atoms with Crippen LogP contribution < -0.4 is 9.62 Å². The minimum Gasteiger partial charge on any atom is -0.352 e. The van der Waals surface area contributed by atoms with Crippen molar-refractivity contribution in [1.82, 2.24) is 10.2 Å². The van der Waals surface area contributed by atoms with E-state index in [0.717, 1.165) is 35.6 Å². The Morgan fingerprint density at radius 1 is 0.976 bits per heavy atom. The molecule has 1 atom stereocenters. The lowest BCUT2D eigenvalue weighted by molar-refractivity contribution is -0.140. The molecule has 0 aromatic heterocycles. The van der Waals surface area contributed by atoms with Crippen molar-refractivity contribution in [2.75, 3.05) is 10.8 Å². The highest BCUT2D eigenvalue weighted by atomic mass is 35.5. The Balaban J connectivity index is 1.76. The third-order valence-corrected chi connectivity index (χ3v) is 10.0. The number of carbonyl (C=O) groups is 2. The van der Waals surface area contributed by atoms with Crippen LogP contribution in [0.2, 0.25) is 10.0 Å². The fourth-order valence-corrected chi connectivity index (χ4v) is 7.30. The third-order valence-electron chi connectivity index (χ3n) is 7.69. The Morgan fingerprint density at radius 2 is 1.67 bits per heavy atom. The van der Waals surface area contributed by atoms with Crippen LogP contribution in [-0.2, 0) is 26.2 Å². The largest absolute Gasteiger partial charge is 0.352 e. The number of hydrogen-bond acceptors (Lipinski definition) is 4. The zero-order valence-electron chi connectivity index (χ0n) is 24.1. The Hall–Kier alpha value is -3.07. The molecule has 10 heteroatoms. The van der Waals surface area contributed by atoms with Gasteiger partial charge in [0.25, 0.3) is 10.0 Å². The van der Waals surface area contributed by atoms with Gasteiger partial charge in [0.05, 0.1) is 10.6 Å². The lowest BCUT2D eigenvalue weighted by Gasteiger charge is -2.34. The van der Waals surface area contributed by atoms with Crippen LogP contribution in [-0.4, -0.2) is 43.8 Å². The number of sulfonamides is 1. The first-order chi connectivity index (χ1) is 20.0. The number of amides is 2. The number of hydrogen-bond donors (Lipinski definition) is 1. The van der Waals surface area contributed by atoms with Crippen LogP contribution in [0.15, 0.2) is 71.6 Å². The van der Waals surface area contributed by atoms with Crippen molar-refractivity contribution in [3.8, 4) is 0 Å². The molecule has 0 saturated heterocycles. The Bertz CT molecular complexity index is 1530. The summed E-state index contributed by atoms with van der Waals surface area (Å²) in [7, 11) is -4.14. The first-order valence-corrected chi connectivity index (χ1v) is 16.4. The molecule has 0 heterocycles. The summed E-state index contributed by atoms with van der Waals surface area (Å²) >= 11 is 12.6. The average Bonchev–Trinajstić information content (AvgIpc) is 3.47. The summed E-state index contributed by atoms with van der Waals surface area (Å²) in [6.45, 7) is 5.03. The molecule has 0 spiro atoms. The fraction of sp³-hybridized carbons (Fsp3) is 0.375. The van der Waals surface area contributed by atoms with Gasteiger partial charge in [-0.05, 0) is 80.1 Å². The summed E-state index contributed by atoms with van der Waals surface area (Å²) in [5.74, 6) is -0.776. The molecule has 4 rings (SSSR count). The van der Waals surface area contributed by atoms with E-state index in [1.165, 1.54) is 17.0 Å². The van der Waals surface area contributed by atoms with Crippen LogP contribution in [0.1, 0.15) is 55.7 Å². The van der Waals surface area contributed by atoms with Crippen LogP contribution in [0.3, 0.4) is 0 Å². The second kappa shape index (κ2) is 13.9. The van der Waals surface area contributed by atoms with Crippen LogP contribution in [0.4, 0.5) is 5.69 Å². The van der Waals surface area contributed by atoms with Gasteiger partial charge in [0, 0.05) is 22.6 Å². The minimum absolute atomic E-state index is 0.0114. The van der Waals surface area contributed by atoms with Crippen molar-refractivity contribution in [2.45, 2.75) is 76.4 Å². The van der Waals surface area contributed by atoms with Crippen LogP contribution in [0.5, 0.6) is 0 Å². The zero-order chi connectivity index (χ0) is 30.4. The molecular weight excluding hydrogens is 593 g/mol. The van der Waals surface area contributed by atoms with Crippen LogP contribution in [0, 0.1) is 13.8 Å². The van der Waals surface area contributed by atoms with Crippen molar-refractivity contribution >= 4 is 50.7 Å². The number of anilines is 1. The van der Waals surface area contributed by atoms with Gasteiger partial charge in [-0.15, -0.1) is 0 Å². The Kier molecular flexibility index (Phi) is 10.6. The maximum atomic E-state index is 14.3. The molecule has 42 heavy (non-hydrogen) atoms. The third kappa shape index (κ3) is 7.46. The van der Waals surface area contributed by atoms with Crippen molar-refractivity contribution in [1.29, 1.82) is 0 Å². The minimum atomic E-state index is -4.14. The molecule has 7 nitrogen and oxygen atoms in total. The van der Waals surface area contributed by atoms with E-state index < -0.39 is 28.5 Å². The highest BCUT2D eigenvalue weighted by Gasteiger charge is 2.35. The summed E-state index contributed by atoms with van der Waals surface area (Å²) in [4.78, 5) is 29.4. The normalized spacial score (nSPS) is 14.4. The van der Waals surface area contributed by atoms with E-state index in [1.807, 2.05) is 32.9 Å². The summed E-state index contributed by atoms with van der Waals surface area (Å²) in [6.07, 6.45) is 4.23. The molecule has 3 aromatic rings. The predicted octanol–water partition coefficient (Wildman–Crippen LogP) is 6.67. The summed E-state index contributed by atoms with van der Waals surface area (Å²) in [6, 6.07) is 17.7. The monoisotopic (exact) mass is 629 g/mol.